The number of fused-ring (bicyclic) bond motifs is 1. The van der Waals surface area contributed by atoms with Crippen molar-refractivity contribution in [2.75, 3.05) is 0 Å². The molecule has 0 saturated carbocycles. The van der Waals surface area contributed by atoms with E-state index in [2.05, 4.69) is 44.2 Å². The molecule has 5 aromatic rings. The fourth-order valence-electron chi connectivity index (χ4n) is 4.31. The van der Waals surface area contributed by atoms with Crippen LogP contribution in [0.3, 0.4) is 0 Å². The van der Waals surface area contributed by atoms with Crippen molar-refractivity contribution >= 4 is 32.7 Å². The summed E-state index contributed by atoms with van der Waals surface area (Å²) in [6.45, 7) is 4.16. The lowest BCUT2D eigenvalue weighted by atomic mass is 10.0. The molecule has 170 valence electrons. The lowest BCUT2D eigenvalue weighted by Crippen LogP contribution is -2.16. The van der Waals surface area contributed by atoms with Gasteiger partial charge in [0.1, 0.15) is 0 Å². The summed E-state index contributed by atoms with van der Waals surface area (Å²) in [5, 5.41) is 0.940. The van der Waals surface area contributed by atoms with Crippen LogP contribution in [0, 0.1) is 13.8 Å². The third kappa shape index (κ3) is 4.17. The predicted molar refractivity (Wildman–Crippen MR) is 140 cm³/mol. The molecule has 0 fully saturated rings. The Balaban J connectivity index is 1.80. The van der Waals surface area contributed by atoms with Crippen LogP contribution in [0.1, 0.15) is 22.4 Å². The van der Waals surface area contributed by atoms with Gasteiger partial charge in [0, 0.05) is 21.6 Å². The minimum atomic E-state index is -3.81. The Labute approximate surface area is 205 Å². The highest BCUT2D eigenvalue weighted by Gasteiger charge is 2.27. The summed E-state index contributed by atoms with van der Waals surface area (Å²) in [5.74, 6) is 0. The molecule has 1 heterocycles. The first kappa shape index (κ1) is 22.5. The van der Waals surface area contributed by atoms with Gasteiger partial charge in [-0.3, -0.25) is 0 Å². The topological polar surface area (TPSA) is 39.1 Å². The summed E-state index contributed by atoms with van der Waals surface area (Å²) in [6, 6.07) is 32.9. The highest BCUT2D eigenvalue weighted by atomic mass is 32.2. The van der Waals surface area contributed by atoms with Gasteiger partial charge in [0.2, 0.25) is 0 Å². The van der Waals surface area contributed by atoms with E-state index in [0.29, 0.717) is 11.9 Å². The lowest BCUT2D eigenvalue weighted by molar-refractivity contribution is 0.587. The smallest absolute Gasteiger partial charge is 0.236 e. The largest absolute Gasteiger partial charge is 0.268 e. The first-order valence-electron chi connectivity index (χ1n) is 11.2. The average Bonchev–Trinajstić information content (AvgIpc) is 3.15. The predicted octanol–water partition coefficient (Wildman–Crippen LogP) is 7.24. The molecule has 0 aliphatic heterocycles. The standard InChI is InChI=1S/C29H25NO2S2/c1-21-17-18-23(22(2)19-21)20-28-29(33-24-11-5-3-6-12-24)26-15-9-10-16-27(26)30(28)34(31,32)25-13-7-4-8-14-25/h3-19H,20H2,1-2H3. The van der Waals surface area contributed by atoms with Gasteiger partial charge >= 0.3 is 0 Å². The van der Waals surface area contributed by atoms with E-state index in [1.165, 1.54) is 5.56 Å². The van der Waals surface area contributed by atoms with Crippen molar-refractivity contribution in [3.63, 3.8) is 0 Å². The van der Waals surface area contributed by atoms with Crippen LogP contribution in [0.25, 0.3) is 10.9 Å². The van der Waals surface area contributed by atoms with Crippen molar-refractivity contribution in [1.29, 1.82) is 0 Å². The highest BCUT2D eigenvalue weighted by Crippen LogP contribution is 2.41. The van der Waals surface area contributed by atoms with E-state index >= 15 is 0 Å². The van der Waals surface area contributed by atoms with Gasteiger partial charge in [-0.2, -0.15) is 0 Å². The van der Waals surface area contributed by atoms with Crippen molar-refractivity contribution in [1.82, 2.24) is 3.97 Å². The summed E-state index contributed by atoms with van der Waals surface area (Å²) in [4.78, 5) is 2.33. The first-order valence-corrected chi connectivity index (χ1v) is 13.4. The SMILES string of the molecule is Cc1ccc(Cc2c(Sc3ccccc3)c3ccccc3n2S(=O)(=O)c2ccccc2)c(C)c1. The third-order valence-electron chi connectivity index (χ3n) is 5.98. The van der Waals surface area contributed by atoms with Crippen molar-refractivity contribution in [3.05, 3.63) is 126 Å². The van der Waals surface area contributed by atoms with Crippen molar-refractivity contribution in [3.8, 4) is 0 Å². The number of aryl methyl sites for hydroxylation is 2. The highest BCUT2D eigenvalue weighted by molar-refractivity contribution is 7.99. The molecule has 0 bridgehead atoms. The van der Waals surface area contributed by atoms with Gasteiger partial charge in [-0.15, -0.1) is 0 Å². The Morgan fingerprint density at radius 1 is 0.765 bits per heavy atom. The second kappa shape index (κ2) is 9.16. The van der Waals surface area contributed by atoms with Crippen LogP contribution in [0.15, 0.2) is 118 Å². The minimum Gasteiger partial charge on any atom is -0.236 e. The molecule has 0 spiro atoms. The van der Waals surface area contributed by atoms with Crippen molar-refractivity contribution in [2.45, 2.75) is 35.0 Å². The normalized spacial score (nSPS) is 11.7. The van der Waals surface area contributed by atoms with Crippen LogP contribution >= 0.6 is 11.8 Å². The van der Waals surface area contributed by atoms with Crippen LogP contribution in [0.4, 0.5) is 0 Å². The van der Waals surface area contributed by atoms with Gasteiger partial charge < -0.3 is 0 Å². The number of benzene rings is 4. The zero-order valence-electron chi connectivity index (χ0n) is 19.1. The second-order valence-corrected chi connectivity index (χ2v) is 11.3. The summed E-state index contributed by atoms with van der Waals surface area (Å²) in [7, 11) is -3.81. The summed E-state index contributed by atoms with van der Waals surface area (Å²) in [6.07, 6.45) is 0.516. The summed E-state index contributed by atoms with van der Waals surface area (Å²) >= 11 is 1.62. The van der Waals surface area contributed by atoms with Gasteiger partial charge in [0.05, 0.1) is 16.1 Å². The van der Waals surface area contributed by atoms with Gasteiger partial charge in [0.15, 0.2) is 0 Å². The minimum absolute atomic E-state index is 0.286. The van der Waals surface area contributed by atoms with Gasteiger partial charge in [-0.25, -0.2) is 12.4 Å². The maximum atomic E-state index is 14.0. The Morgan fingerprint density at radius 2 is 1.41 bits per heavy atom. The molecule has 0 saturated heterocycles. The lowest BCUT2D eigenvalue weighted by Gasteiger charge is -2.15. The maximum Gasteiger partial charge on any atom is 0.268 e. The Bertz CT molecular complexity index is 1570. The molecular weight excluding hydrogens is 458 g/mol. The van der Waals surface area contributed by atoms with E-state index in [-0.39, 0.29) is 4.90 Å². The summed E-state index contributed by atoms with van der Waals surface area (Å²) < 4.78 is 29.6. The van der Waals surface area contributed by atoms with E-state index in [0.717, 1.165) is 32.0 Å². The monoisotopic (exact) mass is 483 g/mol. The fourth-order valence-corrected chi connectivity index (χ4v) is 7.03. The van der Waals surface area contributed by atoms with E-state index < -0.39 is 10.0 Å². The van der Waals surface area contributed by atoms with Crippen molar-refractivity contribution in [2.24, 2.45) is 0 Å². The molecule has 0 aliphatic carbocycles. The molecule has 0 radical (unpaired) electrons. The molecule has 0 unspecified atom stereocenters. The Morgan fingerprint density at radius 3 is 2.12 bits per heavy atom. The number of nitrogens with zero attached hydrogens (tertiary/aromatic N) is 1. The summed E-state index contributed by atoms with van der Waals surface area (Å²) in [5.41, 5.74) is 4.95. The number of aromatic nitrogens is 1. The zero-order chi connectivity index (χ0) is 23.7. The molecule has 0 atom stereocenters. The fraction of sp³-hybridized carbons (Fsp3) is 0.103. The van der Waals surface area contributed by atoms with Gasteiger partial charge in [-0.05, 0) is 55.3 Å². The number of hydrogen-bond donors (Lipinski definition) is 0. The Hall–Kier alpha value is -3.28. The number of hydrogen-bond acceptors (Lipinski definition) is 3. The second-order valence-electron chi connectivity index (χ2n) is 8.40. The molecule has 34 heavy (non-hydrogen) atoms. The van der Waals surface area contributed by atoms with E-state index in [9.17, 15) is 8.42 Å². The number of para-hydroxylation sites is 1. The van der Waals surface area contributed by atoms with Gasteiger partial charge in [0.25, 0.3) is 10.0 Å². The third-order valence-corrected chi connectivity index (χ3v) is 8.91. The molecule has 5 heteroatoms. The average molecular weight is 484 g/mol. The van der Waals surface area contributed by atoms with Crippen LogP contribution < -0.4 is 0 Å². The first-order chi connectivity index (χ1) is 16.4. The maximum absolute atomic E-state index is 14.0. The number of rotatable bonds is 6. The molecule has 4 aromatic carbocycles. The van der Waals surface area contributed by atoms with Crippen molar-refractivity contribution < 1.29 is 8.42 Å². The molecule has 0 amide bonds. The van der Waals surface area contributed by atoms with Crippen LogP contribution in [0.2, 0.25) is 0 Å². The molecule has 0 N–H and O–H groups in total. The van der Waals surface area contributed by atoms with Crippen LogP contribution in [0.5, 0.6) is 0 Å². The van der Waals surface area contributed by atoms with E-state index in [1.807, 2.05) is 48.5 Å². The van der Waals surface area contributed by atoms with E-state index in [4.69, 9.17) is 0 Å². The Kier molecular flexibility index (Phi) is 6.07. The molecule has 0 aliphatic rings. The quantitative estimate of drug-likeness (QED) is 0.256. The van der Waals surface area contributed by atoms with Crippen LogP contribution in [-0.4, -0.2) is 12.4 Å². The zero-order valence-corrected chi connectivity index (χ0v) is 20.7. The molecular formula is C29H25NO2S2. The molecule has 3 nitrogen and oxygen atoms in total. The molecule has 5 rings (SSSR count). The molecule has 1 aromatic heterocycles. The van der Waals surface area contributed by atoms with E-state index in [1.54, 1.807) is 40.0 Å². The van der Waals surface area contributed by atoms with Crippen LogP contribution in [-0.2, 0) is 16.4 Å². The van der Waals surface area contributed by atoms with Gasteiger partial charge in [-0.1, -0.05) is 90.1 Å².